The Balaban J connectivity index is 1.94. The first kappa shape index (κ1) is 11.8. The Morgan fingerprint density at radius 1 is 1.05 bits per heavy atom. The van der Waals surface area contributed by atoms with Crippen molar-refractivity contribution in [3.63, 3.8) is 0 Å². The number of nitrogens with one attached hydrogen (secondary N) is 2. The van der Waals surface area contributed by atoms with Crippen LogP contribution in [0.3, 0.4) is 0 Å². The highest BCUT2D eigenvalue weighted by atomic mass is 16.2. The Morgan fingerprint density at radius 3 is 2.71 bits per heavy atom. The Kier molecular flexibility index (Phi) is 2.27. The van der Waals surface area contributed by atoms with E-state index in [1.807, 2.05) is 25.1 Å². The number of benzene rings is 1. The maximum atomic E-state index is 12.5. The maximum absolute atomic E-state index is 12.5. The van der Waals surface area contributed by atoms with E-state index in [1.54, 1.807) is 18.3 Å². The van der Waals surface area contributed by atoms with Gasteiger partial charge < -0.3 is 10.6 Å². The number of ketones is 1. The van der Waals surface area contributed by atoms with Gasteiger partial charge in [-0.15, -0.1) is 0 Å². The van der Waals surface area contributed by atoms with Gasteiger partial charge in [0.15, 0.2) is 0 Å². The van der Waals surface area contributed by atoms with Crippen molar-refractivity contribution >= 4 is 28.8 Å². The number of nitrogens with zero attached hydrogens (tertiary/aromatic N) is 1. The number of Topliss-reactive ketones (excluding diaryl/α,β-unsaturated/α-hetero) is 1. The van der Waals surface area contributed by atoms with Gasteiger partial charge in [-0.25, -0.2) is 4.98 Å². The van der Waals surface area contributed by atoms with E-state index in [9.17, 15) is 9.59 Å². The molecule has 2 N–H and O–H groups in total. The highest BCUT2D eigenvalue weighted by Crippen LogP contribution is 2.38. The molecule has 1 aromatic carbocycles. The van der Waals surface area contributed by atoms with Crippen LogP contribution in [0.5, 0.6) is 0 Å². The second-order valence-corrected chi connectivity index (χ2v) is 5.11. The Morgan fingerprint density at radius 2 is 1.90 bits per heavy atom. The Bertz CT molecular complexity index is 852. The molecule has 0 aliphatic carbocycles. The molecule has 5 heteroatoms. The van der Waals surface area contributed by atoms with E-state index in [-0.39, 0.29) is 11.7 Å². The van der Waals surface area contributed by atoms with Crippen molar-refractivity contribution in [2.24, 2.45) is 0 Å². The molecule has 21 heavy (non-hydrogen) atoms. The molecule has 0 unspecified atom stereocenters. The van der Waals surface area contributed by atoms with Crippen LogP contribution in [0.2, 0.25) is 0 Å². The minimum atomic E-state index is -0.265. The molecule has 1 amide bonds. The molecule has 0 saturated heterocycles. The van der Waals surface area contributed by atoms with Crippen LogP contribution >= 0.6 is 0 Å². The molecular weight excluding hydrogens is 266 g/mol. The second kappa shape index (κ2) is 4.02. The van der Waals surface area contributed by atoms with Crippen LogP contribution in [-0.2, 0) is 4.79 Å². The molecule has 3 heterocycles. The van der Waals surface area contributed by atoms with E-state index < -0.39 is 0 Å². The van der Waals surface area contributed by atoms with Crippen LogP contribution in [0.25, 0.3) is 5.57 Å². The molecule has 0 atom stereocenters. The molecule has 2 aliphatic rings. The number of aromatic nitrogens is 1. The van der Waals surface area contributed by atoms with E-state index in [0.29, 0.717) is 22.7 Å². The number of fused-ring (bicyclic) bond motifs is 2. The molecule has 0 bridgehead atoms. The van der Waals surface area contributed by atoms with Gasteiger partial charge in [0.2, 0.25) is 5.78 Å². The summed E-state index contributed by atoms with van der Waals surface area (Å²) in [6.45, 7) is 1.95. The largest absolute Gasteiger partial charge is 0.336 e. The number of carbonyl (C=O) groups excluding carboxylic acids is 2. The average molecular weight is 277 g/mol. The van der Waals surface area contributed by atoms with Gasteiger partial charge in [-0.3, -0.25) is 9.59 Å². The van der Waals surface area contributed by atoms with Crippen LogP contribution in [-0.4, -0.2) is 16.7 Å². The first-order valence-electron chi connectivity index (χ1n) is 6.58. The zero-order valence-electron chi connectivity index (χ0n) is 11.2. The van der Waals surface area contributed by atoms with Crippen molar-refractivity contribution in [1.82, 2.24) is 4.98 Å². The number of hydrogen-bond donors (Lipinski definition) is 2. The molecule has 2 aliphatic heterocycles. The summed E-state index contributed by atoms with van der Waals surface area (Å²) in [6.07, 6.45) is 1.61. The smallest absolute Gasteiger partial charge is 0.258 e. The standard InChI is InChI=1S/C16H11N3O2/c1-8-4-5-11-10(7-8)12(16(21)18-11)13-14(20)9-3-2-6-17-15(9)19-13/h2-7H,1H3,(H,17,19)(H,18,21)/b13-12-. The van der Waals surface area contributed by atoms with Crippen molar-refractivity contribution in [1.29, 1.82) is 0 Å². The van der Waals surface area contributed by atoms with Crippen LogP contribution in [0.15, 0.2) is 42.2 Å². The van der Waals surface area contributed by atoms with Gasteiger partial charge in [0.25, 0.3) is 5.91 Å². The fourth-order valence-corrected chi connectivity index (χ4v) is 2.70. The number of anilines is 2. The number of hydrogen-bond acceptors (Lipinski definition) is 4. The van der Waals surface area contributed by atoms with Gasteiger partial charge in [-0.05, 0) is 31.2 Å². The average Bonchev–Trinajstić information content (AvgIpc) is 2.96. The molecule has 4 rings (SSSR count). The van der Waals surface area contributed by atoms with Crippen molar-refractivity contribution in [3.8, 4) is 0 Å². The molecule has 0 saturated carbocycles. The van der Waals surface area contributed by atoms with E-state index in [2.05, 4.69) is 15.6 Å². The lowest BCUT2D eigenvalue weighted by Gasteiger charge is -2.03. The van der Waals surface area contributed by atoms with Gasteiger partial charge in [0.05, 0.1) is 11.1 Å². The van der Waals surface area contributed by atoms with Gasteiger partial charge in [0.1, 0.15) is 11.5 Å². The highest BCUT2D eigenvalue weighted by Gasteiger charge is 2.35. The van der Waals surface area contributed by atoms with Crippen LogP contribution in [0.4, 0.5) is 11.5 Å². The van der Waals surface area contributed by atoms with Crippen LogP contribution in [0, 0.1) is 6.92 Å². The zero-order chi connectivity index (χ0) is 14.6. The summed E-state index contributed by atoms with van der Waals surface area (Å²) in [5, 5.41) is 5.76. The monoisotopic (exact) mass is 277 g/mol. The number of aryl methyl sites for hydroxylation is 1. The fourth-order valence-electron chi connectivity index (χ4n) is 2.70. The third-order valence-electron chi connectivity index (χ3n) is 3.69. The summed E-state index contributed by atoms with van der Waals surface area (Å²) >= 11 is 0. The zero-order valence-corrected chi connectivity index (χ0v) is 11.2. The summed E-state index contributed by atoms with van der Waals surface area (Å²) in [5.74, 6) is 0.0377. The molecule has 0 fully saturated rings. The van der Waals surface area contributed by atoms with Gasteiger partial charge in [-0.1, -0.05) is 11.6 Å². The molecule has 2 aromatic rings. The Hall–Kier alpha value is -2.95. The van der Waals surface area contributed by atoms with Crippen LogP contribution < -0.4 is 10.6 Å². The minimum absolute atomic E-state index is 0.197. The molecule has 0 spiro atoms. The van der Waals surface area contributed by atoms with E-state index in [4.69, 9.17) is 0 Å². The molecular formula is C16H11N3O2. The van der Waals surface area contributed by atoms with Gasteiger partial charge in [0, 0.05) is 17.4 Å². The second-order valence-electron chi connectivity index (χ2n) is 5.11. The first-order chi connectivity index (χ1) is 10.1. The topological polar surface area (TPSA) is 71.1 Å². The van der Waals surface area contributed by atoms with E-state index >= 15 is 0 Å². The normalized spacial score (nSPS) is 19.1. The number of rotatable bonds is 0. The molecule has 1 aromatic heterocycles. The lowest BCUT2D eigenvalue weighted by molar-refractivity contribution is -0.110. The summed E-state index contributed by atoms with van der Waals surface area (Å²) in [4.78, 5) is 28.9. The van der Waals surface area contributed by atoms with Crippen LogP contribution in [0.1, 0.15) is 21.5 Å². The quantitative estimate of drug-likeness (QED) is 0.725. The minimum Gasteiger partial charge on any atom is -0.336 e. The predicted octanol–water partition coefficient (Wildman–Crippen LogP) is 2.36. The lowest BCUT2D eigenvalue weighted by Crippen LogP contribution is -2.11. The Labute approximate surface area is 120 Å². The molecule has 5 nitrogen and oxygen atoms in total. The predicted molar refractivity (Wildman–Crippen MR) is 78.9 cm³/mol. The number of allylic oxidation sites excluding steroid dienone is 1. The number of carbonyl (C=O) groups is 2. The van der Waals surface area contributed by atoms with E-state index in [0.717, 1.165) is 16.8 Å². The van der Waals surface area contributed by atoms with Crippen molar-refractivity contribution in [2.75, 3.05) is 10.6 Å². The summed E-state index contributed by atoms with van der Waals surface area (Å²) in [7, 11) is 0. The third-order valence-corrected chi connectivity index (χ3v) is 3.69. The van der Waals surface area contributed by atoms with Crippen molar-refractivity contribution in [3.05, 3.63) is 58.9 Å². The maximum Gasteiger partial charge on any atom is 0.258 e. The van der Waals surface area contributed by atoms with E-state index in [1.165, 1.54) is 0 Å². The van der Waals surface area contributed by atoms with Gasteiger partial charge >= 0.3 is 0 Å². The number of pyridine rings is 1. The lowest BCUT2D eigenvalue weighted by atomic mass is 10.0. The SMILES string of the molecule is Cc1ccc2c(c1)/C(=C1/Nc3ncccc3C1=O)C(=O)N2. The summed E-state index contributed by atoms with van der Waals surface area (Å²) in [6, 6.07) is 9.09. The summed E-state index contributed by atoms with van der Waals surface area (Å²) in [5.41, 5.74) is 3.69. The fraction of sp³-hybridized carbons (Fsp3) is 0.0625. The van der Waals surface area contributed by atoms with Crippen molar-refractivity contribution < 1.29 is 9.59 Å². The number of amides is 1. The molecule has 0 radical (unpaired) electrons. The molecule has 102 valence electrons. The summed E-state index contributed by atoms with van der Waals surface area (Å²) < 4.78 is 0. The highest BCUT2D eigenvalue weighted by molar-refractivity contribution is 6.38. The van der Waals surface area contributed by atoms with Crippen molar-refractivity contribution in [2.45, 2.75) is 6.92 Å². The van der Waals surface area contributed by atoms with Gasteiger partial charge in [-0.2, -0.15) is 0 Å². The third kappa shape index (κ3) is 1.61. The first-order valence-corrected chi connectivity index (χ1v) is 6.58.